The van der Waals surface area contributed by atoms with E-state index in [2.05, 4.69) is 10.6 Å². The molecule has 1 aliphatic carbocycles. The molecule has 2 fully saturated rings. The maximum atomic E-state index is 13.0. The SMILES string of the molecule is Cc1ccccc1C(=O)N[C@@H]1CCCC[C@H]1NC(=O)C1CCN(C(=O)C(C)(C)CCl)CC1. The number of carbonyl (C=O) groups is 3. The number of piperidine rings is 1. The highest BCUT2D eigenvalue weighted by Crippen LogP contribution is 2.26. The highest BCUT2D eigenvalue weighted by atomic mass is 35.5. The zero-order valence-electron chi connectivity index (χ0n) is 19.5. The number of carbonyl (C=O) groups excluding carboxylic acids is 3. The molecular formula is C25H36ClN3O3. The molecule has 6 nitrogen and oxygen atoms in total. The van der Waals surface area contributed by atoms with Crippen molar-refractivity contribution in [1.82, 2.24) is 15.5 Å². The number of nitrogens with zero attached hydrogens (tertiary/aromatic N) is 1. The van der Waals surface area contributed by atoms with Crippen LogP contribution in [-0.2, 0) is 9.59 Å². The van der Waals surface area contributed by atoms with Crippen LogP contribution in [0.3, 0.4) is 0 Å². The highest BCUT2D eigenvalue weighted by Gasteiger charge is 2.36. The Balaban J connectivity index is 1.55. The van der Waals surface area contributed by atoms with E-state index in [9.17, 15) is 14.4 Å². The Bertz CT molecular complexity index is 833. The maximum Gasteiger partial charge on any atom is 0.251 e. The normalized spacial score (nSPS) is 22.3. The van der Waals surface area contributed by atoms with Gasteiger partial charge in [0.1, 0.15) is 0 Å². The lowest BCUT2D eigenvalue weighted by Gasteiger charge is -2.37. The first-order chi connectivity index (χ1) is 15.2. The second kappa shape index (κ2) is 10.7. The lowest BCUT2D eigenvalue weighted by molar-refractivity contribution is -0.142. The van der Waals surface area contributed by atoms with Crippen molar-refractivity contribution in [2.24, 2.45) is 11.3 Å². The van der Waals surface area contributed by atoms with Crippen LogP contribution in [0.4, 0.5) is 0 Å². The minimum absolute atomic E-state index is 0.0377. The zero-order valence-corrected chi connectivity index (χ0v) is 20.2. The van der Waals surface area contributed by atoms with E-state index in [1.54, 1.807) is 0 Å². The summed E-state index contributed by atoms with van der Waals surface area (Å²) < 4.78 is 0. The molecule has 176 valence electrons. The number of nitrogens with one attached hydrogen (secondary N) is 2. The summed E-state index contributed by atoms with van der Waals surface area (Å²) in [4.78, 5) is 40.3. The van der Waals surface area contributed by atoms with Gasteiger partial charge in [0.15, 0.2) is 0 Å². The number of rotatable bonds is 6. The van der Waals surface area contributed by atoms with Crippen LogP contribution in [0, 0.1) is 18.3 Å². The first-order valence-corrected chi connectivity index (χ1v) is 12.3. The van der Waals surface area contributed by atoms with Crippen molar-refractivity contribution in [2.45, 2.75) is 71.4 Å². The minimum Gasteiger partial charge on any atom is -0.351 e. The van der Waals surface area contributed by atoms with Gasteiger partial charge in [-0.1, -0.05) is 31.0 Å². The van der Waals surface area contributed by atoms with Crippen LogP contribution in [0.5, 0.6) is 0 Å². The van der Waals surface area contributed by atoms with E-state index in [0.29, 0.717) is 31.5 Å². The smallest absolute Gasteiger partial charge is 0.251 e. The van der Waals surface area contributed by atoms with E-state index in [1.807, 2.05) is 49.9 Å². The molecule has 1 saturated heterocycles. The minimum atomic E-state index is -0.582. The predicted molar refractivity (Wildman–Crippen MR) is 127 cm³/mol. The monoisotopic (exact) mass is 461 g/mol. The van der Waals surface area contributed by atoms with Gasteiger partial charge < -0.3 is 15.5 Å². The van der Waals surface area contributed by atoms with Crippen LogP contribution in [0.15, 0.2) is 24.3 Å². The van der Waals surface area contributed by atoms with Crippen LogP contribution < -0.4 is 10.6 Å². The van der Waals surface area contributed by atoms with Crippen LogP contribution in [0.2, 0.25) is 0 Å². The van der Waals surface area contributed by atoms with E-state index in [1.165, 1.54) is 0 Å². The van der Waals surface area contributed by atoms with Crippen LogP contribution in [-0.4, -0.2) is 53.7 Å². The molecule has 2 aliphatic rings. The summed E-state index contributed by atoms with van der Waals surface area (Å²) in [6.45, 7) is 6.80. The Morgan fingerprint density at radius 3 is 2.19 bits per heavy atom. The molecule has 0 spiro atoms. The van der Waals surface area contributed by atoms with E-state index >= 15 is 0 Å². The van der Waals surface area contributed by atoms with Crippen molar-refractivity contribution in [2.75, 3.05) is 19.0 Å². The van der Waals surface area contributed by atoms with Crippen molar-refractivity contribution in [3.8, 4) is 0 Å². The average Bonchev–Trinajstić information content (AvgIpc) is 2.80. The van der Waals surface area contributed by atoms with E-state index in [0.717, 1.165) is 31.2 Å². The Morgan fingerprint density at radius 2 is 1.59 bits per heavy atom. The van der Waals surface area contributed by atoms with Gasteiger partial charge in [-0.15, -0.1) is 11.6 Å². The lowest BCUT2D eigenvalue weighted by atomic mass is 9.88. The molecular weight excluding hydrogens is 426 g/mol. The summed E-state index contributed by atoms with van der Waals surface area (Å²) >= 11 is 5.95. The third-order valence-corrected chi connectivity index (χ3v) is 7.53. The largest absolute Gasteiger partial charge is 0.351 e. The molecule has 1 aromatic rings. The Kier molecular flexibility index (Phi) is 8.21. The number of likely N-dealkylation sites (tertiary alicyclic amines) is 1. The van der Waals surface area contributed by atoms with Gasteiger partial charge in [-0.3, -0.25) is 14.4 Å². The van der Waals surface area contributed by atoms with Gasteiger partial charge in [-0.2, -0.15) is 0 Å². The van der Waals surface area contributed by atoms with Gasteiger partial charge in [0.05, 0.1) is 5.41 Å². The number of hydrogen-bond donors (Lipinski definition) is 2. The molecule has 0 bridgehead atoms. The summed E-state index contributed by atoms with van der Waals surface area (Å²) in [6, 6.07) is 7.44. The lowest BCUT2D eigenvalue weighted by Crippen LogP contribution is -2.55. The Hall–Kier alpha value is -2.08. The first kappa shape index (κ1) is 24.6. The summed E-state index contributed by atoms with van der Waals surface area (Å²) in [5.74, 6) is 0.188. The summed E-state index contributed by atoms with van der Waals surface area (Å²) in [7, 11) is 0. The summed E-state index contributed by atoms with van der Waals surface area (Å²) in [5, 5.41) is 6.38. The third kappa shape index (κ3) is 5.83. The zero-order chi connectivity index (χ0) is 23.3. The van der Waals surface area contributed by atoms with Gasteiger partial charge in [0, 0.05) is 42.5 Å². The van der Waals surface area contributed by atoms with E-state index < -0.39 is 5.41 Å². The van der Waals surface area contributed by atoms with Gasteiger partial charge in [-0.25, -0.2) is 0 Å². The van der Waals surface area contributed by atoms with Gasteiger partial charge in [-0.05, 0) is 58.1 Å². The molecule has 1 heterocycles. The molecule has 7 heteroatoms. The Morgan fingerprint density at radius 1 is 1.00 bits per heavy atom. The van der Waals surface area contributed by atoms with Crippen molar-refractivity contribution >= 4 is 29.3 Å². The molecule has 2 atom stereocenters. The molecule has 1 aromatic carbocycles. The summed E-state index contributed by atoms with van der Waals surface area (Å²) in [5.41, 5.74) is 1.04. The van der Waals surface area contributed by atoms with Crippen molar-refractivity contribution in [3.05, 3.63) is 35.4 Å². The average molecular weight is 462 g/mol. The molecule has 32 heavy (non-hydrogen) atoms. The van der Waals surface area contributed by atoms with Crippen LogP contribution >= 0.6 is 11.6 Å². The van der Waals surface area contributed by atoms with Crippen LogP contribution in [0.1, 0.15) is 68.3 Å². The van der Waals surface area contributed by atoms with E-state index in [4.69, 9.17) is 11.6 Å². The number of aryl methyl sites for hydroxylation is 1. The van der Waals surface area contributed by atoms with E-state index in [-0.39, 0.29) is 41.6 Å². The molecule has 1 aliphatic heterocycles. The van der Waals surface area contributed by atoms with Crippen molar-refractivity contribution in [3.63, 3.8) is 0 Å². The molecule has 2 N–H and O–H groups in total. The van der Waals surface area contributed by atoms with Gasteiger partial charge >= 0.3 is 0 Å². The second-order valence-electron chi connectivity index (χ2n) is 9.88. The van der Waals surface area contributed by atoms with Crippen molar-refractivity contribution < 1.29 is 14.4 Å². The fraction of sp³-hybridized carbons (Fsp3) is 0.640. The quantitative estimate of drug-likeness (QED) is 0.634. The molecule has 0 aromatic heterocycles. The van der Waals surface area contributed by atoms with Crippen molar-refractivity contribution in [1.29, 1.82) is 0 Å². The van der Waals surface area contributed by atoms with Gasteiger partial charge in [0.2, 0.25) is 11.8 Å². The molecule has 0 unspecified atom stereocenters. The number of amides is 3. The van der Waals surface area contributed by atoms with Gasteiger partial charge in [0.25, 0.3) is 5.91 Å². The van der Waals surface area contributed by atoms with Crippen LogP contribution in [0.25, 0.3) is 0 Å². The molecule has 3 amide bonds. The highest BCUT2D eigenvalue weighted by molar-refractivity contribution is 6.19. The number of benzene rings is 1. The number of hydrogen-bond acceptors (Lipinski definition) is 3. The maximum absolute atomic E-state index is 13.0. The molecule has 3 rings (SSSR count). The third-order valence-electron chi connectivity index (χ3n) is 6.87. The predicted octanol–water partition coefficient (Wildman–Crippen LogP) is 3.66. The number of alkyl halides is 1. The standard InChI is InChI=1S/C25H36ClN3O3/c1-17-8-4-5-9-19(17)23(31)28-21-11-7-6-10-20(21)27-22(30)18-12-14-29(15-13-18)24(32)25(2,3)16-26/h4-5,8-9,18,20-21H,6-7,10-16H2,1-3H3,(H,27,30)(H,28,31)/t20-,21-/m1/s1. The first-order valence-electron chi connectivity index (χ1n) is 11.7. The molecule has 0 radical (unpaired) electrons. The number of halogens is 1. The topological polar surface area (TPSA) is 78.5 Å². The second-order valence-corrected chi connectivity index (χ2v) is 10.1. The summed E-state index contributed by atoms with van der Waals surface area (Å²) in [6.07, 6.45) is 5.13. The fourth-order valence-corrected chi connectivity index (χ4v) is 4.80. The fourth-order valence-electron chi connectivity index (χ4n) is 4.68. The molecule has 1 saturated carbocycles. The Labute approximate surface area is 196 Å².